The third-order valence-corrected chi connectivity index (χ3v) is 1.48. The Morgan fingerprint density at radius 3 is 2.55 bits per heavy atom. The maximum atomic E-state index is 5.41. The zero-order valence-corrected chi connectivity index (χ0v) is 7.01. The normalized spacial score (nSPS) is 11.3. The van der Waals surface area contributed by atoms with E-state index in [1.54, 1.807) is 6.92 Å². The minimum atomic E-state index is 0.692. The fourth-order valence-corrected chi connectivity index (χ4v) is 0.741. The number of allylic oxidation sites excluding steroid dienone is 1. The van der Waals surface area contributed by atoms with Gasteiger partial charge in [0.15, 0.2) is 0 Å². The molecule has 58 valence electrons. The lowest BCUT2D eigenvalue weighted by Gasteiger charge is -2.02. The zero-order valence-electron chi connectivity index (χ0n) is 6.25. The van der Waals surface area contributed by atoms with E-state index in [0.29, 0.717) is 5.76 Å². The molecule has 0 N–H and O–H groups in total. The second kappa shape index (κ2) is 4.04. The highest BCUT2D eigenvalue weighted by Crippen LogP contribution is 2.12. The van der Waals surface area contributed by atoms with Gasteiger partial charge in [0.25, 0.3) is 0 Å². The number of hydrogen-bond acceptors (Lipinski definition) is 1. The Balaban J connectivity index is 2.65. The van der Waals surface area contributed by atoms with Gasteiger partial charge in [0.2, 0.25) is 0 Å². The van der Waals surface area contributed by atoms with E-state index >= 15 is 0 Å². The molecule has 1 rings (SSSR count). The molecule has 0 spiro atoms. The average Bonchev–Trinajstić information content (AvgIpc) is 2.06. The van der Waals surface area contributed by atoms with Crippen molar-refractivity contribution in [1.29, 1.82) is 0 Å². The second-order valence-corrected chi connectivity index (χ2v) is 2.35. The number of para-hydroxylation sites is 1. The molecule has 0 aromatic heterocycles. The molecule has 2 heteroatoms. The summed E-state index contributed by atoms with van der Waals surface area (Å²) in [7, 11) is 0. The Hall–Kier alpha value is -0.950. The number of benzene rings is 1. The predicted octanol–water partition coefficient (Wildman–Crippen LogP) is 3.17. The first-order valence-corrected chi connectivity index (χ1v) is 3.76. The lowest BCUT2D eigenvalue weighted by atomic mass is 10.3. The summed E-state index contributed by atoms with van der Waals surface area (Å²) in [6.45, 7) is 1.81. The molecule has 0 saturated carbocycles. The van der Waals surface area contributed by atoms with Gasteiger partial charge < -0.3 is 4.74 Å². The van der Waals surface area contributed by atoms with E-state index in [-0.39, 0.29) is 0 Å². The molecule has 0 saturated heterocycles. The van der Waals surface area contributed by atoms with Crippen molar-refractivity contribution in [3.05, 3.63) is 41.6 Å². The molecule has 0 radical (unpaired) electrons. The SMILES string of the molecule is C/C(=C\Cl)Oc1ccccc1. The van der Waals surface area contributed by atoms with Crippen molar-refractivity contribution in [1.82, 2.24) is 0 Å². The van der Waals surface area contributed by atoms with Crippen LogP contribution in [0.15, 0.2) is 41.6 Å². The Kier molecular flexibility index (Phi) is 2.99. The van der Waals surface area contributed by atoms with Gasteiger partial charge >= 0.3 is 0 Å². The minimum absolute atomic E-state index is 0.692. The molecular formula is C9H9ClO. The molecular weight excluding hydrogens is 160 g/mol. The van der Waals surface area contributed by atoms with Crippen LogP contribution in [0.5, 0.6) is 5.75 Å². The molecule has 0 heterocycles. The van der Waals surface area contributed by atoms with E-state index in [2.05, 4.69) is 0 Å². The highest BCUT2D eigenvalue weighted by atomic mass is 35.5. The summed E-state index contributed by atoms with van der Waals surface area (Å²) in [5, 5.41) is 0. The molecule has 1 aromatic rings. The largest absolute Gasteiger partial charge is 0.461 e. The summed E-state index contributed by atoms with van der Waals surface area (Å²) < 4.78 is 5.29. The van der Waals surface area contributed by atoms with Crippen molar-refractivity contribution < 1.29 is 4.74 Å². The molecule has 1 aromatic carbocycles. The quantitative estimate of drug-likeness (QED) is 0.617. The van der Waals surface area contributed by atoms with Gasteiger partial charge in [-0.1, -0.05) is 29.8 Å². The van der Waals surface area contributed by atoms with Gasteiger partial charge in [-0.3, -0.25) is 0 Å². The van der Waals surface area contributed by atoms with E-state index in [1.807, 2.05) is 30.3 Å². The Morgan fingerprint density at radius 1 is 1.36 bits per heavy atom. The van der Waals surface area contributed by atoms with E-state index in [1.165, 1.54) is 5.54 Å². The minimum Gasteiger partial charge on any atom is -0.461 e. The van der Waals surface area contributed by atoms with Gasteiger partial charge in [0.05, 0.1) is 0 Å². The highest BCUT2D eigenvalue weighted by molar-refractivity contribution is 6.25. The summed E-state index contributed by atoms with van der Waals surface area (Å²) in [6.07, 6.45) is 0. The maximum Gasteiger partial charge on any atom is 0.126 e. The van der Waals surface area contributed by atoms with E-state index in [0.717, 1.165) is 5.75 Å². The molecule has 0 atom stereocenters. The van der Waals surface area contributed by atoms with Crippen molar-refractivity contribution in [3.8, 4) is 5.75 Å². The van der Waals surface area contributed by atoms with E-state index in [4.69, 9.17) is 16.3 Å². The van der Waals surface area contributed by atoms with Gasteiger partial charge in [-0.25, -0.2) is 0 Å². The fourth-order valence-electron chi connectivity index (χ4n) is 0.697. The topological polar surface area (TPSA) is 9.23 Å². The molecule has 0 aliphatic rings. The average molecular weight is 169 g/mol. The Morgan fingerprint density at radius 2 is 2.00 bits per heavy atom. The van der Waals surface area contributed by atoms with Gasteiger partial charge in [-0.05, 0) is 19.1 Å². The zero-order chi connectivity index (χ0) is 8.10. The molecule has 0 amide bonds. The molecule has 1 nitrogen and oxygen atoms in total. The van der Waals surface area contributed by atoms with Crippen molar-refractivity contribution in [3.63, 3.8) is 0 Å². The number of ether oxygens (including phenoxy) is 1. The van der Waals surface area contributed by atoms with Crippen LogP contribution in [0.1, 0.15) is 6.92 Å². The van der Waals surface area contributed by atoms with Gasteiger partial charge in [0, 0.05) is 5.54 Å². The van der Waals surface area contributed by atoms with Crippen LogP contribution in [0.2, 0.25) is 0 Å². The summed E-state index contributed by atoms with van der Waals surface area (Å²) in [5.74, 6) is 1.50. The summed E-state index contributed by atoms with van der Waals surface area (Å²) in [5.41, 5.74) is 1.41. The van der Waals surface area contributed by atoms with E-state index < -0.39 is 0 Å². The van der Waals surface area contributed by atoms with Crippen LogP contribution >= 0.6 is 11.6 Å². The Bertz CT molecular complexity index is 241. The summed E-state index contributed by atoms with van der Waals surface area (Å²) >= 11 is 5.41. The molecule has 0 fully saturated rings. The first-order valence-electron chi connectivity index (χ1n) is 3.33. The first-order chi connectivity index (χ1) is 5.33. The molecule has 11 heavy (non-hydrogen) atoms. The summed E-state index contributed by atoms with van der Waals surface area (Å²) in [6, 6.07) is 9.52. The third-order valence-electron chi connectivity index (χ3n) is 1.18. The standard InChI is InChI=1S/C9H9ClO/c1-8(7-10)11-9-5-3-2-4-6-9/h2-7H,1H3/b8-7+. The van der Waals surface area contributed by atoms with Crippen molar-refractivity contribution >= 4 is 11.6 Å². The first kappa shape index (κ1) is 8.15. The van der Waals surface area contributed by atoms with Crippen LogP contribution in [-0.2, 0) is 0 Å². The smallest absolute Gasteiger partial charge is 0.126 e. The van der Waals surface area contributed by atoms with Crippen molar-refractivity contribution in [2.45, 2.75) is 6.92 Å². The van der Waals surface area contributed by atoms with Gasteiger partial charge in [-0.2, -0.15) is 0 Å². The lowest BCUT2D eigenvalue weighted by molar-refractivity contribution is 0.429. The van der Waals surface area contributed by atoms with Crippen LogP contribution in [0.3, 0.4) is 0 Å². The number of rotatable bonds is 2. The van der Waals surface area contributed by atoms with Crippen LogP contribution in [0, 0.1) is 0 Å². The van der Waals surface area contributed by atoms with Crippen LogP contribution in [-0.4, -0.2) is 0 Å². The second-order valence-electron chi connectivity index (χ2n) is 2.13. The highest BCUT2D eigenvalue weighted by Gasteiger charge is 1.90. The molecule has 0 aliphatic carbocycles. The molecule has 0 unspecified atom stereocenters. The monoisotopic (exact) mass is 168 g/mol. The van der Waals surface area contributed by atoms with Crippen LogP contribution in [0.4, 0.5) is 0 Å². The molecule has 0 aliphatic heterocycles. The van der Waals surface area contributed by atoms with E-state index in [9.17, 15) is 0 Å². The van der Waals surface area contributed by atoms with Crippen LogP contribution < -0.4 is 4.74 Å². The Labute approximate surface area is 71.3 Å². The van der Waals surface area contributed by atoms with Crippen molar-refractivity contribution in [2.24, 2.45) is 0 Å². The van der Waals surface area contributed by atoms with Gasteiger partial charge in [-0.15, -0.1) is 0 Å². The fraction of sp³-hybridized carbons (Fsp3) is 0.111. The lowest BCUT2D eigenvalue weighted by Crippen LogP contribution is -1.87. The number of hydrogen-bond donors (Lipinski definition) is 0. The van der Waals surface area contributed by atoms with Crippen LogP contribution in [0.25, 0.3) is 0 Å². The number of halogens is 1. The van der Waals surface area contributed by atoms with Gasteiger partial charge in [0.1, 0.15) is 11.5 Å². The third kappa shape index (κ3) is 2.64. The summed E-state index contributed by atoms with van der Waals surface area (Å²) in [4.78, 5) is 0. The maximum absolute atomic E-state index is 5.41. The predicted molar refractivity (Wildman–Crippen MR) is 46.7 cm³/mol. The molecule has 0 bridgehead atoms. The van der Waals surface area contributed by atoms with Crippen molar-refractivity contribution in [2.75, 3.05) is 0 Å².